The number of methoxy groups -OCH3 is 2. The van der Waals surface area contributed by atoms with Gasteiger partial charge in [-0.25, -0.2) is 14.6 Å². The molecule has 4 atom stereocenters. The van der Waals surface area contributed by atoms with Crippen molar-refractivity contribution in [2.24, 2.45) is 0 Å². The zero-order chi connectivity index (χ0) is 45.9. The third-order valence-electron chi connectivity index (χ3n) is 11.1. The number of nitriles is 1. The van der Waals surface area contributed by atoms with Crippen LogP contribution in [0.15, 0.2) is 116 Å². The summed E-state index contributed by atoms with van der Waals surface area (Å²) in [6, 6.07) is 34.6. The third kappa shape index (κ3) is 10.9. The Balaban J connectivity index is 1.24. The lowest BCUT2D eigenvalue weighted by Gasteiger charge is -2.39. The highest BCUT2D eigenvalue weighted by molar-refractivity contribution is 7.44. The second kappa shape index (κ2) is 21.8. The van der Waals surface area contributed by atoms with Crippen LogP contribution in [0.4, 0.5) is 5.69 Å². The summed E-state index contributed by atoms with van der Waals surface area (Å²) in [6.45, 7) is 8.93. The first-order valence-electron chi connectivity index (χ1n) is 21.5. The molecule has 0 saturated carbocycles. The Labute approximate surface area is 380 Å². The Kier molecular flexibility index (Phi) is 15.7. The highest BCUT2D eigenvalue weighted by atomic mass is 31.2. The maximum atomic E-state index is 11.1. The second-order valence-corrected chi connectivity index (χ2v) is 17.3. The molecule has 0 aliphatic carbocycles. The van der Waals surface area contributed by atoms with Crippen molar-refractivity contribution < 1.29 is 37.7 Å². The van der Waals surface area contributed by atoms with Crippen LogP contribution >= 0.6 is 8.53 Å². The molecule has 0 radical (unpaired) electrons. The van der Waals surface area contributed by atoms with Crippen LogP contribution in [-0.4, -0.2) is 87.4 Å². The van der Waals surface area contributed by atoms with Gasteiger partial charge < -0.3 is 32.7 Å². The molecule has 340 valence electrons. The van der Waals surface area contributed by atoms with Crippen LogP contribution in [0.3, 0.4) is 0 Å². The molecule has 17 heteroatoms. The number of imidazole rings is 1. The molecule has 1 saturated heterocycles. The standard InChI is InChI=1S/C48H54N7O9P/c1-33(2)54(34(3)4)65(62-27-10-26-49)64-43-29-45(53-32-51-42-30-50-47(52-46(42)53)60-28-25-35-13-19-39(20-14-35)55(56)57)63-44(43)31-61-48(36-11-8-7-9-12-36,37-15-21-40(58-5)22-16-37)38-17-23-41(59-6)24-18-38/h7-9,11-24,30,32-34,43-45H,10,25,27-29,31H2,1-6H3/t43-,44+,45+,65?/m0/s1. The van der Waals surface area contributed by atoms with Gasteiger partial charge in [-0.2, -0.15) is 10.2 Å². The Morgan fingerprint density at radius 3 is 2.11 bits per heavy atom. The van der Waals surface area contributed by atoms with E-state index >= 15 is 0 Å². The number of nitrogens with zero attached hydrogens (tertiary/aromatic N) is 7. The van der Waals surface area contributed by atoms with E-state index in [2.05, 4.69) is 60.5 Å². The van der Waals surface area contributed by atoms with Gasteiger partial charge in [-0.3, -0.25) is 14.7 Å². The second-order valence-electron chi connectivity index (χ2n) is 15.9. The lowest BCUT2D eigenvalue weighted by atomic mass is 9.80. The Bertz CT molecular complexity index is 2450. The van der Waals surface area contributed by atoms with E-state index < -0.39 is 37.5 Å². The largest absolute Gasteiger partial charge is 0.497 e. The van der Waals surface area contributed by atoms with Gasteiger partial charge in [0.1, 0.15) is 34.9 Å². The van der Waals surface area contributed by atoms with Gasteiger partial charge in [-0.1, -0.05) is 66.7 Å². The average molecular weight is 904 g/mol. The molecule has 2 aromatic heterocycles. The van der Waals surface area contributed by atoms with E-state index in [1.165, 1.54) is 12.1 Å². The SMILES string of the molecule is COc1ccc(C(OC[C@H]2O[C@@H](n3cnc4cnc(OCCc5ccc([N+](=O)[O-])cc5)nc43)C[C@@H]2OP(OCCC#N)N(C(C)C)C(C)C)(c2ccccc2)c2ccc(OC)cc2)cc1. The number of rotatable bonds is 22. The van der Waals surface area contributed by atoms with Crippen LogP contribution < -0.4 is 14.2 Å². The number of hydrogen-bond donors (Lipinski definition) is 0. The molecule has 0 amide bonds. The van der Waals surface area contributed by atoms with Crippen LogP contribution in [-0.2, 0) is 30.5 Å². The first-order chi connectivity index (χ1) is 31.5. The zero-order valence-corrected chi connectivity index (χ0v) is 38.2. The molecule has 4 aromatic carbocycles. The van der Waals surface area contributed by atoms with Crippen molar-refractivity contribution in [3.8, 4) is 23.6 Å². The van der Waals surface area contributed by atoms with Crippen molar-refractivity contribution in [2.45, 2.75) is 83.1 Å². The van der Waals surface area contributed by atoms with Crippen LogP contribution in [0.2, 0.25) is 0 Å². The molecule has 3 heterocycles. The molecule has 1 aliphatic rings. The van der Waals surface area contributed by atoms with Crippen molar-refractivity contribution in [3.05, 3.63) is 148 Å². The van der Waals surface area contributed by atoms with Crippen molar-refractivity contribution >= 4 is 25.4 Å². The predicted molar refractivity (Wildman–Crippen MR) is 244 cm³/mol. The van der Waals surface area contributed by atoms with Crippen molar-refractivity contribution in [2.75, 3.05) is 34.0 Å². The van der Waals surface area contributed by atoms with Gasteiger partial charge in [0, 0.05) is 37.1 Å². The first kappa shape index (κ1) is 46.9. The molecule has 1 unspecified atom stereocenters. The van der Waals surface area contributed by atoms with Gasteiger partial charge in [0.2, 0.25) is 0 Å². The van der Waals surface area contributed by atoms with E-state index in [9.17, 15) is 15.4 Å². The lowest BCUT2D eigenvalue weighted by Crippen LogP contribution is -2.39. The van der Waals surface area contributed by atoms with E-state index in [1.54, 1.807) is 38.9 Å². The number of aromatic nitrogens is 4. The Hall–Kier alpha value is -6.05. The molecular formula is C48H54N7O9P. The van der Waals surface area contributed by atoms with Gasteiger partial charge >= 0.3 is 6.01 Å². The molecular weight excluding hydrogens is 850 g/mol. The summed E-state index contributed by atoms with van der Waals surface area (Å²) in [5.41, 5.74) is 3.46. The molecule has 0 bridgehead atoms. The van der Waals surface area contributed by atoms with Gasteiger partial charge in [0.15, 0.2) is 5.65 Å². The highest BCUT2D eigenvalue weighted by Crippen LogP contribution is 2.51. The summed E-state index contributed by atoms with van der Waals surface area (Å²) in [7, 11) is 1.61. The monoisotopic (exact) mass is 903 g/mol. The average Bonchev–Trinajstić information content (AvgIpc) is 3.93. The van der Waals surface area contributed by atoms with Gasteiger partial charge in [0.25, 0.3) is 14.2 Å². The predicted octanol–water partition coefficient (Wildman–Crippen LogP) is 9.33. The highest BCUT2D eigenvalue weighted by Gasteiger charge is 2.45. The van der Waals surface area contributed by atoms with Crippen LogP contribution in [0.25, 0.3) is 11.2 Å². The summed E-state index contributed by atoms with van der Waals surface area (Å²) in [5, 5.41) is 20.6. The molecule has 65 heavy (non-hydrogen) atoms. The number of benzene rings is 4. The quantitative estimate of drug-likeness (QED) is 0.0207. The van der Waals surface area contributed by atoms with E-state index in [1.807, 2.05) is 71.3 Å². The summed E-state index contributed by atoms with van der Waals surface area (Å²) in [4.78, 5) is 24.5. The molecule has 1 aliphatic heterocycles. The van der Waals surface area contributed by atoms with E-state index in [0.717, 1.165) is 22.3 Å². The minimum absolute atomic E-state index is 0.0255. The minimum Gasteiger partial charge on any atom is -0.497 e. The number of ether oxygens (including phenoxy) is 5. The molecule has 0 N–H and O–H groups in total. The summed E-state index contributed by atoms with van der Waals surface area (Å²) < 4.78 is 49.0. The van der Waals surface area contributed by atoms with E-state index in [4.69, 9.17) is 37.7 Å². The Morgan fingerprint density at radius 1 is 0.892 bits per heavy atom. The summed E-state index contributed by atoms with van der Waals surface area (Å²) in [5.74, 6) is 1.42. The number of nitro benzene ring substituents is 1. The summed E-state index contributed by atoms with van der Waals surface area (Å²) >= 11 is 0. The lowest BCUT2D eigenvalue weighted by molar-refractivity contribution is -0.384. The molecule has 16 nitrogen and oxygen atoms in total. The van der Waals surface area contributed by atoms with Gasteiger partial charge in [-0.05, 0) is 74.2 Å². The fourth-order valence-corrected chi connectivity index (χ4v) is 9.72. The van der Waals surface area contributed by atoms with Crippen molar-refractivity contribution in [1.82, 2.24) is 24.2 Å². The Morgan fingerprint density at radius 2 is 1.52 bits per heavy atom. The maximum Gasteiger partial charge on any atom is 0.318 e. The van der Waals surface area contributed by atoms with Gasteiger partial charge in [0.05, 0.1) is 70.1 Å². The number of nitro groups is 1. The van der Waals surface area contributed by atoms with Crippen molar-refractivity contribution in [3.63, 3.8) is 0 Å². The third-order valence-corrected chi connectivity index (χ3v) is 13.2. The van der Waals surface area contributed by atoms with Gasteiger partial charge in [-0.15, -0.1) is 0 Å². The fourth-order valence-electron chi connectivity index (χ4n) is 7.96. The number of fused-ring (bicyclic) bond motifs is 1. The summed E-state index contributed by atoms with van der Waals surface area (Å²) in [6.07, 6.45) is 2.58. The first-order valence-corrected chi connectivity index (χ1v) is 22.6. The number of non-ortho nitro benzene ring substituents is 1. The van der Waals surface area contributed by atoms with E-state index in [-0.39, 0.29) is 50.0 Å². The van der Waals surface area contributed by atoms with E-state index in [0.29, 0.717) is 35.5 Å². The molecule has 6 aromatic rings. The van der Waals surface area contributed by atoms with Crippen LogP contribution in [0.1, 0.15) is 69.0 Å². The maximum absolute atomic E-state index is 11.1. The number of hydrogen-bond acceptors (Lipinski definition) is 14. The van der Waals surface area contributed by atoms with Crippen LogP contribution in [0, 0.1) is 21.4 Å². The minimum atomic E-state index is -1.67. The zero-order valence-electron chi connectivity index (χ0n) is 37.4. The topological polar surface area (TPSA) is 178 Å². The smallest absolute Gasteiger partial charge is 0.318 e. The molecule has 1 fully saturated rings. The molecule has 0 spiro atoms. The normalized spacial score (nSPS) is 16.8. The molecule has 7 rings (SSSR count). The fraction of sp³-hybridized carbons (Fsp3) is 0.375. The van der Waals surface area contributed by atoms with Crippen molar-refractivity contribution in [1.29, 1.82) is 5.26 Å². The van der Waals surface area contributed by atoms with Crippen LogP contribution in [0.5, 0.6) is 17.5 Å².